The second kappa shape index (κ2) is 8.85. The lowest BCUT2D eigenvalue weighted by molar-refractivity contribution is -0.124. The van der Waals surface area contributed by atoms with Crippen LogP contribution in [0.2, 0.25) is 0 Å². The Labute approximate surface area is 210 Å². The van der Waals surface area contributed by atoms with Gasteiger partial charge in [0, 0.05) is 17.3 Å². The molecular weight excluding hydrogens is 450 g/mol. The van der Waals surface area contributed by atoms with Gasteiger partial charge in [0.2, 0.25) is 5.91 Å². The van der Waals surface area contributed by atoms with Crippen LogP contribution in [0, 0.1) is 0 Å². The van der Waals surface area contributed by atoms with Crippen LogP contribution in [0.25, 0.3) is 0 Å². The van der Waals surface area contributed by atoms with Gasteiger partial charge in [0.15, 0.2) is 0 Å². The van der Waals surface area contributed by atoms with Crippen molar-refractivity contribution in [2.24, 2.45) is 0 Å². The fraction of sp³-hybridized carbons (Fsp3) is 0.194. The Bertz CT molecular complexity index is 1360. The fourth-order valence-electron chi connectivity index (χ4n) is 5.55. The lowest BCUT2D eigenvalue weighted by atomic mass is 9.68. The summed E-state index contributed by atoms with van der Waals surface area (Å²) in [6.07, 6.45) is 0.0426. The largest absolute Gasteiger partial charge is 0.508 e. The molecule has 3 N–H and O–H groups in total. The van der Waals surface area contributed by atoms with E-state index >= 15 is 0 Å². The minimum Gasteiger partial charge on any atom is -0.508 e. The average Bonchev–Trinajstić information content (AvgIpc) is 3.08. The predicted octanol–water partition coefficient (Wildman–Crippen LogP) is 5.68. The summed E-state index contributed by atoms with van der Waals surface area (Å²) in [4.78, 5) is 16.6. The van der Waals surface area contributed by atoms with Gasteiger partial charge in [-0.05, 0) is 49.1 Å². The van der Waals surface area contributed by atoms with Crippen molar-refractivity contribution in [1.82, 2.24) is 0 Å². The minimum absolute atomic E-state index is 0.0426. The molecule has 0 aromatic heterocycles. The molecule has 182 valence electrons. The number of nitrogens with zero attached hydrogens (tertiary/aromatic N) is 1. The number of benzene rings is 4. The highest BCUT2D eigenvalue weighted by atomic mass is 16.3. The van der Waals surface area contributed by atoms with E-state index in [-0.39, 0.29) is 23.8 Å². The summed E-state index contributed by atoms with van der Waals surface area (Å²) in [5.74, 6) is -0.540. The van der Waals surface area contributed by atoms with Gasteiger partial charge in [-0.2, -0.15) is 0 Å². The molecule has 0 spiro atoms. The van der Waals surface area contributed by atoms with Crippen LogP contribution in [0.5, 0.6) is 11.5 Å². The number of hydrogen-bond acceptors (Lipinski definition) is 4. The summed E-state index contributed by atoms with van der Waals surface area (Å²) in [6, 6.07) is 31.1. The number of carbonyl (C=O) groups excluding carboxylic acids is 1. The second-order valence-electron chi connectivity index (χ2n) is 10.0. The molecule has 0 saturated heterocycles. The highest BCUT2D eigenvalue weighted by Crippen LogP contribution is 2.55. The van der Waals surface area contributed by atoms with Crippen LogP contribution in [-0.2, 0) is 10.2 Å². The van der Waals surface area contributed by atoms with Gasteiger partial charge in [0.25, 0.3) is 0 Å². The Kier molecular flexibility index (Phi) is 5.81. The first-order valence-electron chi connectivity index (χ1n) is 12.0. The number of fused-ring (bicyclic) bond motifs is 1. The topological polar surface area (TPSA) is 81.0 Å². The van der Waals surface area contributed by atoms with Crippen LogP contribution in [0.4, 0.5) is 5.69 Å². The van der Waals surface area contributed by atoms with Crippen LogP contribution in [0.1, 0.15) is 48.6 Å². The highest BCUT2D eigenvalue weighted by molar-refractivity contribution is 6.11. The maximum absolute atomic E-state index is 14.8. The molecule has 1 heterocycles. The molecule has 1 aliphatic heterocycles. The van der Waals surface area contributed by atoms with E-state index in [0.717, 1.165) is 16.8 Å². The van der Waals surface area contributed by atoms with E-state index in [1.54, 1.807) is 24.8 Å². The van der Waals surface area contributed by atoms with Crippen molar-refractivity contribution in [2.45, 2.75) is 37.3 Å². The van der Waals surface area contributed by atoms with Crippen LogP contribution < -0.4 is 4.90 Å². The second-order valence-corrected chi connectivity index (χ2v) is 10.0. The molecular formula is C31H29NO4. The number of rotatable bonds is 6. The van der Waals surface area contributed by atoms with Crippen molar-refractivity contribution < 1.29 is 20.1 Å². The monoisotopic (exact) mass is 479 g/mol. The van der Waals surface area contributed by atoms with Gasteiger partial charge in [-0.1, -0.05) is 84.9 Å². The number of aromatic hydroxyl groups is 2. The zero-order valence-electron chi connectivity index (χ0n) is 20.3. The Hall–Kier alpha value is -4.09. The fourth-order valence-corrected chi connectivity index (χ4v) is 5.55. The molecule has 0 aliphatic carbocycles. The molecule has 0 bridgehead atoms. The molecule has 1 unspecified atom stereocenters. The van der Waals surface area contributed by atoms with Crippen LogP contribution in [0.15, 0.2) is 103 Å². The SMILES string of the molecule is CC(C)(O)CC1(c2ccc(O)cc2O)C(=O)N(C(c2ccccc2)c2ccccc2)c2ccccc21. The maximum Gasteiger partial charge on any atom is 0.243 e. The molecule has 5 heteroatoms. The first kappa shape index (κ1) is 23.6. The smallest absolute Gasteiger partial charge is 0.243 e. The van der Waals surface area contributed by atoms with Crippen LogP contribution in [-0.4, -0.2) is 26.8 Å². The standard InChI is InChI=1S/C31H29NO4/c1-30(2,36)20-31(25-18-17-23(33)19-27(25)34)24-15-9-10-16-26(24)32(29(31)35)28(21-11-5-3-6-12-21)22-13-7-4-8-14-22/h3-19,28,33-34,36H,20H2,1-2H3. The number of phenols is 2. The Balaban J connectivity index is 1.81. The number of anilines is 1. The number of amides is 1. The van der Waals surface area contributed by atoms with Gasteiger partial charge in [0.05, 0.1) is 11.6 Å². The van der Waals surface area contributed by atoms with E-state index in [1.165, 1.54) is 12.1 Å². The molecule has 4 aromatic carbocycles. The molecule has 0 fully saturated rings. The molecule has 36 heavy (non-hydrogen) atoms. The Morgan fingerprint density at radius 1 is 0.778 bits per heavy atom. The molecule has 1 aliphatic rings. The van der Waals surface area contributed by atoms with E-state index in [9.17, 15) is 20.1 Å². The summed E-state index contributed by atoms with van der Waals surface area (Å²) in [7, 11) is 0. The van der Waals surface area contributed by atoms with E-state index in [4.69, 9.17) is 0 Å². The quantitative estimate of drug-likeness (QED) is 0.332. The molecule has 4 aromatic rings. The van der Waals surface area contributed by atoms with Gasteiger partial charge in [-0.15, -0.1) is 0 Å². The third-order valence-electron chi connectivity index (χ3n) is 6.83. The molecule has 0 saturated carbocycles. The number of hydrogen-bond donors (Lipinski definition) is 3. The van der Waals surface area contributed by atoms with Gasteiger partial charge in [-0.25, -0.2) is 0 Å². The molecule has 1 atom stereocenters. The van der Waals surface area contributed by atoms with Gasteiger partial charge < -0.3 is 15.3 Å². The van der Waals surface area contributed by atoms with Crippen LogP contribution in [0.3, 0.4) is 0 Å². The van der Waals surface area contributed by atoms with E-state index in [0.29, 0.717) is 11.1 Å². The van der Waals surface area contributed by atoms with Gasteiger partial charge in [-0.3, -0.25) is 9.69 Å². The van der Waals surface area contributed by atoms with Crippen molar-refractivity contribution in [1.29, 1.82) is 0 Å². The van der Waals surface area contributed by atoms with E-state index in [2.05, 4.69) is 0 Å². The third-order valence-corrected chi connectivity index (χ3v) is 6.83. The first-order valence-corrected chi connectivity index (χ1v) is 12.0. The highest BCUT2D eigenvalue weighted by Gasteiger charge is 2.56. The van der Waals surface area contributed by atoms with Crippen molar-refractivity contribution >= 4 is 11.6 Å². The molecule has 0 radical (unpaired) electrons. The van der Waals surface area contributed by atoms with Crippen molar-refractivity contribution in [3.8, 4) is 11.5 Å². The first-order chi connectivity index (χ1) is 17.2. The predicted molar refractivity (Wildman–Crippen MR) is 140 cm³/mol. The van der Waals surface area contributed by atoms with Crippen molar-refractivity contribution in [3.63, 3.8) is 0 Å². The Morgan fingerprint density at radius 3 is 1.89 bits per heavy atom. The number of para-hydroxylation sites is 1. The maximum atomic E-state index is 14.8. The molecule has 5 nitrogen and oxygen atoms in total. The number of phenolic OH excluding ortho intramolecular Hbond substituents is 2. The summed E-state index contributed by atoms with van der Waals surface area (Å²) in [5, 5.41) is 32.0. The Morgan fingerprint density at radius 2 is 1.33 bits per heavy atom. The number of carbonyl (C=O) groups is 1. The van der Waals surface area contributed by atoms with Gasteiger partial charge >= 0.3 is 0 Å². The van der Waals surface area contributed by atoms with Crippen molar-refractivity contribution in [3.05, 3.63) is 125 Å². The lowest BCUT2D eigenvalue weighted by Gasteiger charge is -2.36. The lowest BCUT2D eigenvalue weighted by Crippen LogP contribution is -2.46. The minimum atomic E-state index is -1.37. The third kappa shape index (κ3) is 3.91. The average molecular weight is 480 g/mol. The summed E-state index contributed by atoms with van der Waals surface area (Å²) in [5.41, 5.74) is 1.06. The zero-order valence-corrected chi connectivity index (χ0v) is 20.3. The summed E-state index contributed by atoms with van der Waals surface area (Å²) in [6.45, 7) is 3.33. The number of aliphatic hydroxyl groups is 1. The normalized spacial score (nSPS) is 17.4. The van der Waals surface area contributed by atoms with E-state index in [1.807, 2.05) is 84.9 Å². The van der Waals surface area contributed by atoms with Crippen LogP contribution >= 0.6 is 0 Å². The zero-order chi connectivity index (χ0) is 25.5. The summed E-state index contributed by atoms with van der Waals surface area (Å²) < 4.78 is 0. The van der Waals surface area contributed by atoms with E-state index < -0.39 is 17.1 Å². The molecule has 1 amide bonds. The van der Waals surface area contributed by atoms with Crippen molar-refractivity contribution in [2.75, 3.05) is 4.90 Å². The molecule has 5 rings (SSSR count). The van der Waals surface area contributed by atoms with Gasteiger partial charge in [0.1, 0.15) is 16.9 Å². The summed E-state index contributed by atoms with van der Waals surface area (Å²) >= 11 is 0.